The molecule has 0 spiro atoms. The van der Waals surface area contributed by atoms with E-state index in [1.807, 2.05) is 0 Å². The largest absolute Gasteiger partial charge is 0.481 e. The van der Waals surface area contributed by atoms with Gasteiger partial charge in [0.15, 0.2) is 0 Å². The second-order valence-electron chi connectivity index (χ2n) is 8.37. The fourth-order valence-corrected chi connectivity index (χ4v) is 2.89. The maximum Gasteiger partial charge on any atom is 0.326 e. The van der Waals surface area contributed by atoms with Crippen LogP contribution >= 0.6 is 0 Å². The molecule has 0 aromatic carbocycles. The first-order valence-electron chi connectivity index (χ1n) is 10.8. The van der Waals surface area contributed by atoms with Crippen molar-refractivity contribution >= 4 is 41.5 Å². The molecule has 0 aromatic rings. The number of carbonyl (C=O) groups is 7. The molecule has 0 aromatic heterocycles. The Kier molecular flexibility index (Phi) is 13.6. The molecule has 35 heavy (non-hydrogen) atoms. The number of aliphatic carboxylic acids is 2. The monoisotopic (exact) mass is 502 g/mol. The average Bonchev–Trinajstić information content (AvgIpc) is 2.72. The third-order valence-electron chi connectivity index (χ3n) is 4.68. The van der Waals surface area contributed by atoms with Crippen LogP contribution in [-0.4, -0.2) is 75.9 Å². The van der Waals surface area contributed by atoms with Gasteiger partial charge in [-0.05, 0) is 25.2 Å². The Morgan fingerprint density at radius 1 is 0.714 bits per heavy atom. The summed E-state index contributed by atoms with van der Waals surface area (Å²) in [5, 5.41) is 24.8. The van der Waals surface area contributed by atoms with E-state index in [4.69, 9.17) is 22.3 Å². The predicted molar refractivity (Wildman–Crippen MR) is 120 cm³/mol. The van der Waals surface area contributed by atoms with E-state index in [1.54, 1.807) is 13.8 Å². The number of amides is 5. The van der Waals surface area contributed by atoms with Gasteiger partial charge >= 0.3 is 11.9 Å². The minimum absolute atomic E-state index is 0.0646. The topological polar surface area (TPSA) is 274 Å². The van der Waals surface area contributed by atoms with E-state index in [1.165, 1.54) is 0 Å². The number of hydrogen-bond donors (Lipinski definition) is 8. The van der Waals surface area contributed by atoms with E-state index in [-0.39, 0.29) is 31.6 Å². The van der Waals surface area contributed by atoms with E-state index >= 15 is 0 Å². The first kappa shape index (κ1) is 31.2. The summed E-state index contributed by atoms with van der Waals surface area (Å²) in [6.07, 6.45) is -1.78. The van der Waals surface area contributed by atoms with Gasteiger partial charge in [-0.2, -0.15) is 0 Å². The SMILES string of the molecule is CC(C)CC(NC(=O)C(CC(N)=O)NC(=O)C(N)CCC(=O)O)C(=O)NC(CCC(N)=O)C(=O)O. The molecule has 0 saturated carbocycles. The molecular formula is C20H34N6O9. The molecule has 0 bridgehead atoms. The van der Waals surface area contributed by atoms with Crippen LogP contribution in [-0.2, 0) is 33.6 Å². The quantitative estimate of drug-likeness (QED) is 0.0991. The maximum absolute atomic E-state index is 12.8. The van der Waals surface area contributed by atoms with Crippen LogP contribution in [0.25, 0.3) is 0 Å². The number of primary amides is 2. The predicted octanol–water partition coefficient (Wildman–Crippen LogP) is -3.10. The summed E-state index contributed by atoms with van der Waals surface area (Å²) >= 11 is 0. The van der Waals surface area contributed by atoms with Crippen molar-refractivity contribution in [1.82, 2.24) is 16.0 Å². The highest BCUT2D eigenvalue weighted by molar-refractivity contribution is 5.96. The second kappa shape index (κ2) is 15.2. The molecule has 0 fully saturated rings. The summed E-state index contributed by atoms with van der Waals surface area (Å²) in [5.41, 5.74) is 15.8. The molecule has 11 N–H and O–H groups in total. The van der Waals surface area contributed by atoms with E-state index in [0.717, 1.165) is 0 Å². The van der Waals surface area contributed by atoms with E-state index < -0.39 is 78.5 Å². The third-order valence-corrected chi connectivity index (χ3v) is 4.68. The Hall–Kier alpha value is -3.75. The average molecular weight is 503 g/mol. The molecule has 5 amide bonds. The lowest BCUT2D eigenvalue weighted by molar-refractivity contribution is -0.143. The molecular weight excluding hydrogens is 468 g/mol. The fourth-order valence-electron chi connectivity index (χ4n) is 2.89. The molecule has 15 nitrogen and oxygen atoms in total. The second-order valence-corrected chi connectivity index (χ2v) is 8.37. The van der Waals surface area contributed by atoms with Crippen molar-refractivity contribution in [3.05, 3.63) is 0 Å². The lowest BCUT2D eigenvalue weighted by atomic mass is 10.0. The van der Waals surface area contributed by atoms with Crippen LogP contribution in [0.3, 0.4) is 0 Å². The number of carboxylic acid groups (broad SMARTS) is 2. The van der Waals surface area contributed by atoms with Crippen molar-refractivity contribution < 1.29 is 43.8 Å². The molecule has 0 heterocycles. The molecule has 15 heteroatoms. The Balaban J connectivity index is 5.51. The van der Waals surface area contributed by atoms with Crippen LogP contribution in [0.1, 0.15) is 52.4 Å². The molecule has 198 valence electrons. The summed E-state index contributed by atoms with van der Waals surface area (Å²) in [5.74, 6) is -7.20. The number of nitrogens with two attached hydrogens (primary N) is 3. The molecule has 0 radical (unpaired) electrons. The van der Waals surface area contributed by atoms with E-state index in [9.17, 15) is 38.7 Å². The maximum atomic E-state index is 12.8. The summed E-state index contributed by atoms with van der Waals surface area (Å²) in [6, 6.07) is -5.52. The number of rotatable bonds is 17. The Bertz CT molecular complexity index is 817. The van der Waals surface area contributed by atoms with Crippen molar-refractivity contribution in [3.63, 3.8) is 0 Å². The minimum atomic E-state index is -1.52. The molecule has 0 aliphatic carbocycles. The fraction of sp³-hybridized carbons (Fsp3) is 0.650. The highest BCUT2D eigenvalue weighted by Gasteiger charge is 2.31. The van der Waals surface area contributed by atoms with Gasteiger partial charge < -0.3 is 43.4 Å². The highest BCUT2D eigenvalue weighted by atomic mass is 16.4. The standard InChI is InChI=1S/C20H34N6O9/c1-9(2)7-12(18(32)24-11(20(34)35)4-5-14(22)27)26-19(33)13(8-15(23)28)25-17(31)10(21)3-6-16(29)30/h9-13H,3-8,21H2,1-2H3,(H2,22,27)(H2,23,28)(H,24,32)(H,25,31)(H,26,33)(H,29,30)(H,34,35). The van der Waals surface area contributed by atoms with Crippen LogP contribution in [0.2, 0.25) is 0 Å². The number of hydrogen-bond acceptors (Lipinski definition) is 8. The van der Waals surface area contributed by atoms with E-state index in [0.29, 0.717) is 0 Å². The Morgan fingerprint density at radius 2 is 1.23 bits per heavy atom. The van der Waals surface area contributed by atoms with Gasteiger partial charge in [-0.1, -0.05) is 13.8 Å². The van der Waals surface area contributed by atoms with Gasteiger partial charge in [-0.25, -0.2) is 4.79 Å². The van der Waals surface area contributed by atoms with Crippen molar-refractivity contribution in [2.24, 2.45) is 23.1 Å². The summed E-state index contributed by atoms with van der Waals surface area (Å²) in [7, 11) is 0. The Labute approximate surface area is 201 Å². The van der Waals surface area contributed by atoms with Crippen LogP contribution in [0.5, 0.6) is 0 Å². The highest BCUT2D eigenvalue weighted by Crippen LogP contribution is 2.08. The van der Waals surface area contributed by atoms with Gasteiger partial charge in [0.2, 0.25) is 29.5 Å². The molecule has 0 aliphatic heterocycles. The van der Waals surface area contributed by atoms with Gasteiger partial charge in [0.1, 0.15) is 18.1 Å². The number of carbonyl (C=O) groups excluding carboxylic acids is 5. The first-order chi connectivity index (χ1) is 16.1. The van der Waals surface area contributed by atoms with Gasteiger partial charge in [0, 0.05) is 12.8 Å². The zero-order valence-electron chi connectivity index (χ0n) is 19.6. The summed E-state index contributed by atoms with van der Waals surface area (Å²) < 4.78 is 0. The van der Waals surface area contributed by atoms with Crippen LogP contribution in [0.4, 0.5) is 0 Å². The van der Waals surface area contributed by atoms with Gasteiger partial charge in [-0.3, -0.25) is 28.8 Å². The lowest BCUT2D eigenvalue weighted by Gasteiger charge is -2.25. The van der Waals surface area contributed by atoms with Gasteiger partial charge in [0.25, 0.3) is 0 Å². The Morgan fingerprint density at radius 3 is 1.69 bits per heavy atom. The smallest absolute Gasteiger partial charge is 0.326 e. The van der Waals surface area contributed by atoms with E-state index in [2.05, 4.69) is 16.0 Å². The first-order valence-corrected chi connectivity index (χ1v) is 10.8. The zero-order valence-corrected chi connectivity index (χ0v) is 19.6. The molecule has 0 rings (SSSR count). The van der Waals surface area contributed by atoms with Crippen molar-refractivity contribution in [2.45, 2.75) is 76.5 Å². The molecule has 0 saturated heterocycles. The summed E-state index contributed by atoms with van der Waals surface area (Å²) in [6.45, 7) is 3.47. The third kappa shape index (κ3) is 13.5. The van der Waals surface area contributed by atoms with Crippen LogP contribution in [0.15, 0.2) is 0 Å². The van der Waals surface area contributed by atoms with Gasteiger partial charge in [-0.15, -0.1) is 0 Å². The lowest BCUT2D eigenvalue weighted by Crippen LogP contribution is -2.58. The zero-order chi connectivity index (χ0) is 27.3. The van der Waals surface area contributed by atoms with Crippen LogP contribution in [0, 0.1) is 5.92 Å². The van der Waals surface area contributed by atoms with Crippen molar-refractivity contribution in [3.8, 4) is 0 Å². The van der Waals surface area contributed by atoms with Gasteiger partial charge in [0.05, 0.1) is 12.5 Å². The van der Waals surface area contributed by atoms with Crippen LogP contribution < -0.4 is 33.2 Å². The van der Waals surface area contributed by atoms with Crippen molar-refractivity contribution in [1.29, 1.82) is 0 Å². The number of nitrogens with one attached hydrogen (secondary N) is 3. The van der Waals surface area contributed by atoms with Crippen molar-refractivity contribution in [2.75, 3.05) is 0 Å². The minimum Gasteiger partial charge on any atom is -0.481 e. The molecule has 4 unspecified atom stereocenters. The summed E-state index contributed by atoms with van der Waals surface area (Å²) in [4.78, 5) is 82.3. The normalized spacial score (nSPS) is 14.2. The number of carboxylic acids is 2. The molecule has 4 atom stereocenters. The molecule has 0 aliphatic rings.